The molecule has 0 unspecified atom stereocenters. The van der Waals surface area contributed by atoms with Crippen molar-refractivity contribution in [3.8, 4) is 17.2 Å². The normalized spacial score (nSPS) is 10.6. The number of carbonyl (C=O) groups is 1. The largest absolute Gasteiger partial charge is 0.493 e. The average molecular weight is 359 g/mol. The van der Waals surface area contributed by atoms with Gasteiger partial charge in [0.2, 0.25) is 5.75 Å². The minimum absolute atomic E-state index is 0.0244. The highest BCUT2D eigenvalue weighted by Gasteiger charge is 2.13. The summed E-state index contributed by atoms with van der Waals surface area (Å²) in [6.45, 7) is 2.31. The SMILES string of the molecule is CCn1cccc(C(=O)N/N=C\c2cc(OC)c(OC)c(OC)c2)c1=O. The van der Waals surface area contributed by atoms with Gasteiger partial charge in [-0.3, -0.25) is 9.59 Å². The molecule has 1 aromatic heterocycles. The molecular weight excluding hydrogens is 338 g/mol. The van der Waals surface area contributed by atoms with E-state index in [-0.39, 0.29) is 11.1 Å². The van der Waals surface area contributed by atoms with Gasteiger partial charge in [-0.05, 0) is 31.2 Å². The molecule has 1 heterocycles. The highest BCUT2D eigenvalue weighted by Crippen LogP contribution is 2.37. The Morgan fingerprint density at radius 1 is 1.19 bits per heavy atom. The summed E-state index contributed by atoms with van der Waals surface area (Å²) in [4.78, 5) is 24.3. The number of methoxy groups -OCH3 is 3. The quantitative estimate of drug-likeness (QED) is 0.600. The van der Waals surface area contributed by atoms with Crippen molar-refractivity contribution in [2.45, 2.75) is 13.5 Å². The van der Waals surface area contributed by atoms with Gasteiger partial charge in [0, 0.05) is 18.3 Å². The van der Waals surface area contributed by atoms with Gasteiger partial charge in [-0.2, -0.15) is 5.10 Å². The summed E-state index contributed by atoms with van der Waals surface area (Å²) >= 11 is 0. The summed E-state index contributed by atoms with van der Waals surface area (Å²) in [6.07, 6.45) is 3.04. The van der Waals surface area contributed by atoms with Crippen LogP contribution in [-0.4, -0.2) is 38.0 Å². The molecule has 0 spiro atoms. The number of nitrogens with zero attached hydrogens (tertiary/aromatic N) is 2. The molecule has 1 N–H and O–H groups in total. The van der Waals surface area contributed by atoms with E-state index in [1.54, 1.807) is 24.4 Å². The Labute approximate surface area is 151 Å². The molecule has 8 nitrogen and oxygen atoms in total. The van der Waals surface area contributed by atoms with Crippen LogP contribution in [0.15, 0.2) is 40.4 Å². The smallest absolute Gasteiger partial charge is 0.276 e. The molecule has 26 heavy (non-hydrogen) atoms. The van der Waals surface area contributed by atoms with Gasteiger partial charge in [0.05, 0.1) is 27.5 Å². The summed E-state index contributed by atoms with van der Waals surface area (Å²) in [5.41, 5.74) is 2.63. The molecule has 0 bridgehead atoms. The standard InChI is InChI=1S/C18H21N3O5/c1-5-21-8-6-7-13(18(21)23)17(22)20-19-11-12-9-14(24-2)16(26-4)15(10-12)25-3/h6-11H,5H2,1-4H3,(H,20,22)/b19-11-. The highest BCUT2D eigenvalue weighted by atomic mass is 16.5. The van der Waals surface area contributed by atoms with Gasteiger partial charge in [-0.25, -0.2) is 5.43 Å². The van der Waals surface area contributed by atoms with Crippen molar-refractivity contribution in [2.75, 3.05) is 21.3 Å². The van der Waals surface area contributed by atoms with Gasteiger partial charge in [0.15, 0.2) is 11.5 Å². The van der Waals surface area contributed by atoms with Crippen LogP contribution in [0.4, 0.5) is 0 Å². The summed E-state index contributed by atoms with van der Waals surface area (Å²) < 4.78 is 17.2. The van der Waals surface area contributed by atoms with Gasteiger partial charge in [-0.1, -0.05) is 0 Å². The fraction of sp³-hybridized carbons (Fsp3) is 0.278. The summed E-state index contributed by atoms with van der Waals surface area (Å²) in [6, 6.07) is 6.47. The van der Waals surface area contributed by atoms with E-state index in [2.05, 4.69) is 10.5 Å². The molecule has 1 aromatic carbocycles. The molecule has 2 rings (SSSR count). The number of carbonyl (C=O) groups excluding carboxylic acids is 1. The van der Waals surface area contributed by atoms with Crippen LogP contribution in [0.1, 0.15) is 22.8 Å². The fourth-order valence-electron chi connectivity index (χ4n) is 2.36. The Kier molecular flexibility index (Phi) is 6.37. The average Bonchev–Trinajstić information content (AvgIpc) is 2.67. The van der Waals surface area contributed by atoms with E-state index in [4.69, 9.17) is 14.2 Å². The minimum atomic E-state index is -0.582. The topological polar surface area (TPSA) is 91.2 Å². The van der Waals surface area contributed by atoms with E-state index >= 15 is 0 Å². The maximum Gasteiger partial charge on any atom is 0.276 e. The second kappa shape index (κ2) is 8.70. The molecule has 8 heteroatoms. The summed E-state index contributed by atoms with van der Waals surface area (Å²) in [5, 5.41) is 3.90. The number of hydrogen-bond donors (Lipinski definition) is 1. The maximum atomic E-state index is 12.2. The number of ether oxygens (including phenoxy) is 3. The van der Waals surface area contributed by atoms with Crippen LogP contribution in [0, 0.1) is 0 Å². The fourth-order valence-corrected chi connectivity index (χ4v) is 2.36. The summed E-state index contributed by atoms with van der Waals surface area (Å²) in [7, 11) is 4.53. The number of nitrogens with one attached hydrogen (secondary N) is 1. The number of aromatic nitrogens is 1. The van der Waals surface area contributed by atoms with E-state index in [1.807, 2.05) is 6.92 Å². The van der Waals surface area contributed by atoms with E-state index in [1.165, 1.54) is 38.2 Å². The zero-order valence-corrected chi connectivity index (χ0v) is 15.1. The number of pyridine rings is 1. The van der Waals surface area contributed by atoms with Gasteiger partial charge >= 0.3 is 0 Å². The van der Waals surface area contributed by atoms with E-state index in [0.717, 1.165) is 0 Å². The van der Waals surface area contributed by atoms with Crippen LogP contribution in [0.2, 0.25) is 0 Å². The summed E-state index contributed by atoms with van der Waals surface area (Å²) in [5.74, 6) is 0.809. The Balaban J connectivity index is 2.21. The number of rotatable bonds is 7. The third kappa shape index (κ3) is 4.02. The monoisotopic (exact) mass is 359 g/mol. The Hall–Kier alpha value is -3.29. The minimum Gasteiger partial charge on any atom is -0.493 e. The van der Waals surface area contributed by atoms with Crippen LogP contribution < -0.4 is 25.2 Å². The van der Waals surface area contributed by atoms with E-state index in [0.29, 0.717) is 29.4 Å². The van der Waals surface area contributed by atoms with Gasteiger partial charge in [-0.15, -0.1) is 0 Å². The first-order valence-electron chi connectivity index (χ1n) is 7.88. The van der Waals surface area contributed by atoms with Crippen molar-refractivity contribution >= 4 is 12.1 Å². The number of aryl methyl sites for hydroxylation is 1. The van der Waals surface area contributed by atoms with Crippen molar-refractivity contribution in [1.82, 2.24) is 9.99 Å². The van der Waals surface area contributed by atoms with Gasteiger partial charge in [0.25, 0.3) is 11.5 Å². The van der Waals surface area contributed by atoms with Crippen molar-refractivity contribution in [3.05, 3.63) is 51.9 Å². The predicted molar refractivity (Wildman–Crippen MR) is 97.5 cm³/mol. The van der Waals surface area contributed by atoms with Crippen molar-refractivity contribution in [1.29, 1.82) is 0 Å². The molecule has 2 aromatic rings. The first kappa shape index (κ1) is 19.0. The zero-order valence-electron chi connectivity index (χ0n) is 15.1. The number of hydrazone groups is 1. The molecule has 0 atom stereocenters. The first-order valence-corrected chi connectivity index (χ1v) is 7.88. The van der Waals surface area contributed by atoms with Gasteiger partial charge < -0.3 is 18.8 Å². The van der Waals surface area contributed by atoms with Crippen LogP contribution in [-0.2, 0) is 6.54 Å². The lowest BCUT2D eigenvalue weighted by molar-refractivity contribution is 0.0953. The molecule has 1 amide bonds. The lowest BCUT2D eigenvalue weighted by atomic mass is 10.2. The van der Waals surface area contributed by atoms with Crippen LogP contribution >= 0.6 is 0 Å². The molecule has 0 radical (unpaired) electrons. The number of benzene rings is 1. The second-order valence-corrected chi connectivity index (χ2v) is 5.17. The molecule has 0 aliphatic carbocycles. The van der Waals surface area contributed by atoms with Crippen LogP contribution in [0.3, 0.4) is 0 Å². The van der Waals surface area contributed by atoms with Crippen LogP contribution in [0.5, 0.6) is 17.2 Å². The third-order valence-electron chi connectivity index (χ3n) is 3.67. The second-order valence-electron chi connectivity index (χ2n) is 5.17. The molecule has 0 saturated carbocycles. The molecule has 0 aliphatic rings. The highest BCUT2D eigenvalue weighted by molar-refractivity contribution is 5.94. The number of hydrogen-bond acceptors (Lipinski definition) is 6. The first-order chi connectivity index (χ1) is 12.5. The van der Waals surface area contributed by atoms with Gasteiger partial charge in [0.1, 0.15) is 5.56 Å². The van der Waals surface area contributed by atoms with Crippen molar-refractivity contribution in [2.24, 2.45) is 5.10 Å². The molecule has 0 saturated heterocycles. The van der Waals surface area contributed by atoms with E-state index in [9.17, 15) is 9.59 Å². The Morgan fingerprint density at radius 3 is 2.38 bits per heavy atom. The Morgan fingerprint density at radius 2 is 1.85 bits per heavy atom. The third-order valence-corrected chi connectivity index (χ3v) is 3.67. The van der Waals surface area contributed by atoms with Crippen molar-refractivity contribution < 1.29 is 19.0 Å². The molecule has 138 valence electrons. The molecule has 0 aliphatic heterocycles. The van der Waals surface area contributed by atoms with Crippen LogP contribution in [0.25, 0.3) is 0 Å². The lowest BCUT2D eigenvalue weighted by Gasteiger charge is -2.12. The van der Waals surface area contributed by atoms with Crippen molar-refractivity contribution in [3.63, 3.8) is 0 Å². The lowest BCUT2D eigenvalue weighted by Crippen LogP contribution is -2.30. The maximum absolute atomic E-state index is 12.2. The zero-order chi connectivity index (χ0) is 19.1. The number of amides is 1. The molecular formula is C18H21N3O5. The Bertz CT molecular complexity index is 848. The predicted octanol–water partition coefficient (Wildman–Crippen LogP) is 1.66. The van der Waals surface area contributed by atoms with E-state index < -0.39 is 5.91 Å². The molecule has 0 fully saturated rings.